The highest BCUT2D eigenvalue weighted by molar-refractivity contribution is 6.11. The second-order valence-electron chi connectivity index (χ2n) is 3.89. The van der Waals surface area contributed by atoms with Crippen LogP contribution in [-0.2, 0) is 0 Å². The van der Waals surface area contributed by atoms with E-state index in [1.54, 1.807) is 0 Å². The summed E-state index contributed by atoms with van der Waals surface area (Å²) >= 11 is 0. The van der Waals surface area contributed by atoms with Crippen LogP contribution in [0.25, 0.3) is 0 Å². The van der Waals surface area contributed by atoms with Gasteiger partial charge in [-0.15, -0.1) is 0 Å². The van der Waals surface area contributed by atoms with Crippen molar-refractivity contribution < 1.29 is 0 Å². The van der Waals surface area contributed by atoms with Gasteiger partial charge in [-0.1, -0.05) is 58.4 Å². The number of hydrogen-bond acceptors (Lipinski definition) is 0. The molecule has 0 radical (unpaired) electrons. The largest absolute Gasteiger partial charge is 0.0654 e. The van der Waals surface area contributed by atoms with E-state index in [1.165, 1.54) is 42.3 Å². The van der Waals surface area contributed by atoms with E-state index in [0.717, 1.165) is 11.5 Å². The third-order valence-electron chi connectivity index (χ3n) is 2.79. The van der Waals surface area contributed by atoms with Crippen LogP contribution in [0.4, 0.5) is 0 Å². The molecule has 68 valence electrons. The molecule has 2 unspecified atom stereocenters. The van der Waals surface area contributed by atoms with Gasteiger partial charge in [0.05, 0.1) is 0 Å². The molecule has 0 N–H and O–H groups in total. The van der Waals surface area contributed by atoms with Gasteiger partial charge in [0.25, 0.3) is 0 Å². The Hall–Kier alpha value is 0.217. The maximum absolute atomic E-state index is 2.39. The van der Waals surface area contributed by atoms with Crippen molar-refractivity contribution in [3.05, 3.63) is 0 Å². The van der Waals surface area contributed by atoms with E-state index in [-0.39, 0.29) is 0 Å². The van der Waals surface area contributed by atoms with Crippen molar-refractivity contribution in [3.8, 4) is 0 Å². The van der Waals surface area contributed by atoms with Crippen molar-refractivity contribution in [3.63, 3.8) is 0 Å². The van der Waals surface area contributed by atoms with Gasteiger partial charge < -0.3 is 0 Å². The summed E-state index contributed by atoms with van der Waals surface area (Å²) in [6.07, 6.45) is 7.19. The van der Waals surface area contributed by atoms with Crippen LogP contribution >= 0.6 is 0 Å². The van der Waals surface area contributed by atoms with Crippen LogP contribution in [0, 0.1) is 5.92 Å². The second kappa shape index (κ2) is 6.90. The van der Waals surface area contributed by atoms with Gasteiger partial charge in [-0.3, -0.25) is 0 Å². The van der Waals surface area contributed by atoms with Crippen molar-refractivity contribution in [2.45, 2.75) is 58.4 Å². The minimum absolute atomic E-state index is 1.08. The highest BCUT2D eigenvalue weighted by Gasteiger charge is 2.17. The predicted octanol–water partition coefficient (Wildman–Crippen LogP) is 2.77. The van der Waals surface area contributed by atoms with Gasteiger partial charge in [-0.25, -0.2) is 0 Å². The molecule has 1 aliphatic carbocycles. The van der Waals surface area contributed by atoms with Crippen LogP contribution in [0.1, 0.15) is 52.9 Å². The summed E-state index contributed by atoms with van der Waals surface area (Å²) in [7, 11) is 1.44. The first-order valence-corrected chi connectivity index (χ1v) is 6.37. The zero-order valence-corrected chi connectivity index (χ0v) is 10.7. The highest BCUT2D eigenvalue weighted by atomic mass is 28.1. The third-order valence-corrected chi connectivity index (χ3v) is 4.51. The van der Waals surface area contributed by atoms with Crippen LogP contribution in [0.2, 0.25) is 5.54 Å². The van der Waals surface area contributed by atoms with Gasteiger partial charge in [0.15, 0.2) is 0 Å². The lowest BCUT2D eigenvalue weighted by molar-refractivity contribution is 0.611. The van der Waals surface area contributed by atoms with Gasteiger partial charge in [0, 0.05) is 10.2 Å². The third kappa shape index (κ3) is 5.48. The molecule has 1 fully saturated rings. The Morgan fingerprint density at radius 3 is 1.82 bits per heavy atom. The van der Waals surface area contributed by atoms with Gasteiger partial charge >= 0.3 is 0 Å². The quantitative estimate of drug-likeness (QED) is 0.534. The Kier molecular flexibility index (Phi) is 7.03. The first-order valence-electron chi connectivity index (χ1n) is 5.22. The Bertz CT molecular complexity index is 70.9. The SMILES string of the molecule is CC1CCCC1[SiH3].CCCC. The summed E-state index contributed by atoms with van der Waals surface area (Å²) in [4.78, 5) is 0. The van der Waals surface area contributed by atoms with Crippen molar-refractivity contribution in [1.29, 1.82) is 0 Å². The fraction of sp³-hybridized carbons (Fsp3) is 1.00. The van der Waals surface area contributed by atoms with Crippen LogP contribution in [-0.4, -0.2) is 10.2 Å². The smallest absolute Gasteiger partial charge is 0.00706 e. The lowest BCUT2D eigenvalue weighted by atomic mass is 10.1. The molecular weight excluding hydrogens is 148 g/mol. The molecule has 11 heavy (non-hydrogen) atoms. The van der Waals surface area contributed by atoms with E-state index in [1.807, 2.05) is 0 Å². The summed E-state index contributed by atoms with van der Waals surface area (Å²) in [5, 5.41) is 0. The summed E-state index contributed by atoms with van der Waals surface area (Å²) < 4.78 is 0. The van der Waals surface area contributed by atoms with E-state index in [9.17, 15) is 0 Å². The normalized spacial score (nSPS) is 29.7. The molecule has 0 nitrogen and oxygen atoms in total. The maximum Gasteiger partial charge on any atom is 0.00706 e. The van der Waals surface area contributed by atoms with E-state index in [0.29, 0.717) is 0 Å². The van der Waals surface area contributed by atoms with Crippen LogP contribution < -0.4 is 0 Å². The lowest BCUT2D eigenvalue weighted by Gasteiger charge is -2.04. The topological polar surface area (TPSA) is 0 Å². The first-order chi connectivity index (χ1) is 5.22. The fourth-order valence-electron chi connectivity index (χ4n) is 1.33. The predicted molar refractivity (Wildman–Crippen MR) is 57.3 cm³/mol. The second-order valence-corrected chi connectivity index (χ2v) is 5.37. The molecular formula is C10H24Si. The number of rotatable bonds is 1. The van der Waals surface area contributed by atoms with Crippen LogP contribution in [0.3, 0.4) is 0 Å². The summed E-state index contributed by atoms with van der Waals surface area (Å²) in [6, 6.07) is 0. The van der Waals surface area contributed by atoms with Crippen molar-refractivity contribution in [2.75, 3.05) is 0 Å². The van der Waals surface area contributed by atoms with Gasteiger partial charge in [-0.2, -0.15) is 0 Å². The van der Waals surface area contributed by atoms with Crippen molar-refractivity contribution in [1.82, 2.24) is 0 Å². The molecule has 0 aliphatic heterocycles. The summed E-state index contributed by atoms with van der Waals surface area (Å²) in [5.41, 5.74) is 1.15. The van der Waals surface area contributed by atoms with Crippen molar-refractivity contribution >= 4 is 10.2 Å². The number of unbranched alkanes of at least 4 members (excludes halogenated alkanes) is 1. The molecule has 1 aliphatic rings. The molecule has 0 saturated heterocycles. The Morgan fingerprint density at radius 1 is 1.18 bits per heavy atom. The zero-order valence-electron chi connectivity index (χ0n) is 8.69. The maximum atomic E-state index is 2.39. The standard InChI is InChI=1S/C6H14Si.C4H10/c1-5-3-2-4-6(5)7;1-3-4-2/h5-6H,2-4H2,1,7H3;3-4H2,1-2H3. The minimum atomic E-state index is 1.08. The Labute approximate surface area is 75.2 Å². The van der Waals surface area contributed by atoms with Crippen molar-refractivity contribution in [2.24, 2.45) is 5.92 Å². The molecule has 1 rings (SSSR count). The summed E-state index contributed by atoms with van der Waals surface area (Å²) in [6.45, 7) is 6.75. The van der Waals surface area contributed by atoms with E-state index < -0.39 is 0 Å². The Balaban J connectivity index is 0.000000218. The summed E-state index contributed by atoms with van der Waals surface area (Å²) in [5.74, 6) is 1.08. The molecule has 0 heterocycles. The molecule has 1 heteroatoms. The highest BCUT2D eigenvalue weighted by Crippen LogP contribution is 2.32. The molecule has 0 aromatic heterocycles. The van der Waals surface area contributed by atoms with Gasteiger partial charge in [-0.05, 0) is 5.92 Å². The van der Waals surface area contributed by atoms with E-state index in [4.69, 9.17) is 0 Å². The van der Waals surface area contributed by atoms with Crippen LogP contribution in [0.15, 0.2) is 0 Å². The van der Waals surface area contributed by atoms with Gasteiger partial charge in [0.2, 0.25) is 0 Å². The zero-order chi connectivity index (χ0) is 8.69. The van der Waals surface area contributed by atoms with Gasteiger partial charge in [0.1, 0.15) is 0 Å². The first kappa shape index (κ1) is 11.2. The molecule has 0 amide bonds. The molecule has 0 aromatic carbocycles. The molecule has 0 bridgehead atoms. The molecule has 2 atom stereocenters. The average Bonchev–Trinajstić information content (AvgIpc) is 2.37. The Morgan fingerprint density at radius 2 is 1.73 bits per heavy atom. The monoisotopic (exact) mass is 172 g/mol. The molecule has 0 spiro atoms. The lowest BCUT2D eigenvalue weighted by Crippen LogP contribution is -1.93. The molecule has 1 saturated carbocycles. The minimum Gasteiger partial charge on any atom is -0.0654 e. The average molecular weight is 172 g/mol. The van der Waals surface area contributed by atoms with E-state index in [2.05, 4.69) is 20.8 Å². The fourth-order valence-corrected chi connectivity index (χ4v) is 2.07. The van der Waals surface area contributed by atoms with E-state index >= 15 is 0 Å². The van der Waals surface area contributed by atoms with Crippen LogP contribution in [0.5, 0.6) is 0 Å². The molecule has 0 aromatic rings. The number of hydrogen-bond donors (Lipinski definition) is 0.